The number of carbonyl (C=O) groups excluding carboxylic acids is 2. The third-order valence-electron chi connectivity index (χ3n) is 5.77. The van der Waals surface area contributed by atoms with Gasteiger partial charge in [-0.25, -0.2) is 0 Å². The number of amides is 1. The Bertz CT molecular complexity index is 1110. The summed E-state index contributed by atoms with van der Waals surface area (Å²) in [6.45, 7) is 3.79. The average molecular weight is 422 g/mol. The van der Waals surface area contributed by atoms with Crippen molar-refractivity contribution >= 4 is 22.7 Å². The predicted octanol–water partition coefficient (Wildman–Crippen LogP) is 2.94. The normalized spacial score (nSPS) is 20.2. The maximum absolute atomic E-state index is 13.4. The van der Waals surface area contributed by atoms with Crippen LogP contribution in [0.25, 0.3) is 11.0 Å². The van der Waals surface area contributed by atoms with Crippen molar-refractivity contribution in [2.75, 3.05) is 39.4 Å². The highest BCUT2D eigenvalue weighted by Crippen LogP contribution is 2.39. The number of hydrogen-bond donors (Lipinski definition) is 1. The Kier molecular flexibility index (Phi) is 5.09. The Morgan fingerprint density at radius 3 is 2.65 bits per heavy atom. The highest BCUT2D eigenvalue weighted by molar-refractivity contribution is 6.15. The number of nitrogens with zero attached hydrogens (tertiary/aromatic N) is 2. The first-order chi connectivity index (χ1) is 15.1. The van der Waals surface area contributed by atoms with Gasteiger partial charge >= 0.3 is 0 Å². The summed E-state index contributed by atoms with van der Waals surface area (Å²) in [5.41, 5.74) is 0.537. The monoisotopic (exact) mass is 422 g/mol. The average Bonchev–Trinajstić information content (AvgIpc) is 3.52. The molecule has 5 rings (SSSR count). The number of rotatable bonds is 6. The molecule has 8 nitrogen and oxygen atoms in total. The van der Waals surface area contributed by atoms with Crippen LogP contribution in [0.4, 0.5) is 0 Å². The molecule has 0 unspecified atom stereocenters. The van der Waals surface area contributed by atoms with Crippen LogP contribution in [-0.4, -0.2) is 66.0 Å². The second kappa shape index (κ2) is 8.05. The van der Waals surface area contributed by atoms with Crippen LogP contribution in [0.5, 0.6) is 0 Å². The molecule has 0 saturated carbocycles. The molecule has 0 bridgehead atoms. The maximum atomic E-state index is 13.4. The Hall–Kier alpha value is -3.36. The van der Waals surface area contributed by atoms with Crippen LogP contribution in [0, 0.1) is 0 Å². The second-order valence-corrected chi connectivity index (χ2v) is 7.61. The Morgan fingerprint density at radius 1 is 1.10 bits per heavy atom. The van der Waals surface area contributed by atoms with Gasteiger partial charge in [0.15, 0.2) is 11.5 Å². The van der Waals surface area contributed by atoms with E-state index in [4.69, 9.17) is 13.6 Å². The van der Waals surface area contributed by atoms with E-state index in [2.05, 4.69) is 4.90 Å². The summed E-state index contributed by atoms with van der Waals surface area (Å²) in [6.07, 6.45) is 1.48. The third kappa shape index (κ3) is 3.54. The van der Waals surface area contributed by atoms with Crippen molar-refractivity contribution in [1.29, 1.82) is 0 Å². The quantitative estimate of drug-likeness (QED) is 0.610. The molecule has 1 fully saturated rings. The molecule has 1 N–H and O–H groups in total. The van der Waals surface area contributed by atoms with E-state index in [0.29, 0.717) is 37.6 Å². The van der Waals surface area contributed by atoms with E-state index < -0.39 is 23.5 Å². The maximum Gasteiger partial charge on any atom is 0.290 e. The number of para-hydroxylation sites is 1. The predicted molar refractivity (Wildman–Crippen MR) is 111 cm³/mol. The van der Waals surface area contributed by atoms with Crippen LogP contribution in [0.3, 0.4) is 0 Å². The summed E-state index contributed by atoms with van der Waals surface area (Å²) in [5.74, 6) is -1.19. The molecule has 2 aromatic heterocycles. The number of morpholine rings is 1. The van der Waals surface area contributed by atoms with Crippen molar-refractivity contribution < 1.29 is 28.3 Å². The Balaban J connectivity index is 1.47. The number of hydrogen-bond acceptors (Lipinski definition) is 7. The number of carbonyl (C=O) groups is 2. The van der Waals surface area contributed by atoms with Gasteiger partial charge in [0.2, 0.25) is 5.78 Å². The van der Waals surface area contributed by atoms with E-state index >= 15 is 0 Å². The minimum Gasteiger partial charge on any atom is -0.503 e. The molecule has 8 heteroatoms. The van der Waals surface area contributed by atoms with Gasteiger partial charge in [0, 0.05) is 31.6 Å². The van der Waals surface area contributed by atoms with Crippen molar-refractivity contribution in [2.45, 2.75) is 6.04 Å². The van der Waals surface area contributed by atoms with Crippen LogP contribution in [0.15, 0.2) is 68.9 Å². The van der Waals surface area contributed by atoms with Crippen molar-refractivity contribution in [2.24, 2.45) is 0 Å². The molecule has 2 aliphatic rings. The zero-order chi connectivity index (χ0) is 21.4. The van der Waals surface area contributed by atoms with Gasteiger partial charge < -0.3 is 23.6 Å². The van der Waals surface area contributed by atoms with Gasteiger partial charge in [0.1, 0.15) is 17.4 Å². The topological polar surface area (TPSA) is 96.4 Å². The first-order valence-corrected chi connectivity index (χ1v) is 10.2. The first kappa shape index (κ1) is 19.6. The summed E-state index contributed by atoms with van der Waals surface area (Å²) in [7, 11) is 0. The molecule has 3 aromatic rings. The lowest BCUT2D eigenvalue weighted by Gasteiger charge is -2.30. The van der Waals surface area contributed by atoms with E-state index in [1.165, 1.54) is 11.2 Å². The van der Waals surface area contributed by atoms with Crippen LogP contribution in [-0.2, 0) is 9.53 Å². The van der Waals surface area contributed by atoms with Gasteiger partial charge in [0.05, 0.1) is 25.1 Å². The van der Waals surface area contributed by atoms with Crippen LogP contribution in [0.2, 0.25) is 0 Å². The number of fused-ring (bicyclic) bond motifs is 1. The van der Waals surface area contributed by atoms with Crippen molar-refractivity contribution in [1.82, 2.24) is 9.80 Å². The second-order valence-electron chi connectivity index (χ2n) is 7.61. The molecule has 0 radical (unpaired) electrons. The summed E-state index contributed by atoms with van der Waals surface area (Å²) in [6, 6.07) is 11.5. The molecule has 0 aliphatic carbocycles. The molecule has 1 aromatic carbocycles. The van der Waals surface area contributed by atoms with Gasteiger partial charge in [-0.2, -0.15) is 0 Å². The zero-order valence-electron chi connectivity index (χ0n) is 16.8. The SMILES string of the molecule is O=C(C1=C(O)C(=O)N(CCN2CCOCC2)[C@@H]1c1ccco1)c1cc2ccccc2o1. The number of furan rings is 2. The van der Waals surface area contributed by atoms with E-state index in [0.717, 1.165) is 18.5 Å². The third-order valence-corrected chi connectivity index (χ3v) is 5.77. The van der Waals surface area contributed by atoms with Crippen LogP contribution >= 0.6 is 0 Å². The van der Waals surface area contributed by atoms with Gasteiger partial charge in [-0.05, 0) is 24.3 Å². The van der Waals surface area contributed by atoms with E-state index in [-0.39, 0.29) is 11.3 Å². The fraction of sp³-hybridized carbons (Fsp3) is 0.304. The standard InChI is InChI=1S/C23H22N2O6/c26-21(18-14-15-4-1-2-5-16(15)31-18)19-20(17-6-3-11-30-17)25(23(28)22(19)27)8-7-24-9-12-29-13-10-24/h1-6,11,14,20,27H,7-10,12-13H2/t20-/m1/s1. The number of aliphatic hydroxyl groups excluding tert-OH is 1. The smallest absolute Gasteiger partial charge is 0.290 e. The fourth-order valence-electron chi connectivity index (χ4n) is 4.16. The lowest BCUT2D eigenvalue weighted by atomic mass is 9.99. The molecule has 1 atom stereocenters. The minimum atomic E-state index is -0.816. The molecule has 1 amide bonds. The molecular weight excluding hydrogens is 400 g/mol. The van der Waals surface area contributed by atoms with Crippen LogP contribution in [0.1, 0.15) is 22.4 Å². The molecule has 2 aliphatic heterocycles. The highest BCUT2D eigenvalue weighted by Gasteiger charge is 2.45. The van der Waals surface area contributed by atoms with E-state index in [1.807, 2.05) is 18.2 Å². The van der Waals surface area contributed by atoms with Gasteiger partial charge in [-0.1, -0.05) is 18.2 Å². The van der Waals surface area contributed by atoms with Gasteiger partial charge in [0.25, 0.3) is 5.91 Å². The number of Topliss-reactive ketones (excluding diaryl/α,β-unsaturated/α-hetero) is 1. The lowest BCUT2D eigenvalue weighted by molar-refractivity contribution is -0.130. The lowest BCUT2D eigenvalue weighted by Crippen LogP contribution is -2.43. The van der Waals surface area contributed by atoms with Gasteiger partial charge in [-0.3, -0.25) is 14.5 Å². The fourth-order valence-corrected chi connectivity index (χ4v) is 4.16. The molecular formula is C23H22N2O6. The largest absolute Gasteiger partial charge is 0.503 e. The molecule has 4 heterocycles. The van der Waals surface area contributed by atoms with Crippen molar-refractivity contribution in [3.63, 3.8) is 0 Å². The summed E-state index contributed by atoms with van der Waals surface area (Å²) in [5, 5.41) is 11.5. The summed E-state index contributed by atoms with van der Waals surface area (Å²) in [4.78, 5) is 30.0. The highest BCUT2D eigenvalue weighted by atomic mass is 16.5. The molecule has 31 heavy (non-hydrogen) atoms. The first-order valence-electron chi connectivity index (χ1n) is 10.2. The number of aliphatic hydroxyl groups is 1. The van der Waals surface area contributed by atoms with E-state index in [1.54, 1.807) is 24.3 Å². The van der Waals surface area contributed by atoms with E-state index in [9.17, 15) is 14.7 Å². The minimum absolute atomic E-state index is 0.0269. The summed E-state index contributed by atoms with van der Waals surface area (Å²) < 4.78 is 16.6. The number of ether oxygens (including phenoxy) is 1. The summed E-state index contributed by atoms with van der Waals surface area (Å²) >= 11 is 0. The molecule has 1 saturated heterocycles. The van der Waals surface area contributed by atoms with Crippen LogP contribution < -0.4 is 0 Å². The number of benzene rings is 1. The Labute approximate surface area is 178 Å². The van der Waals surface area contributed by atoms with Gasteiger partial charge in [-0.15, -0.1) is 0 Å². The van der Waals surface area contributed by atoms with Crippen molar-refractivity contribution in [3.05, 3.63) is 71.6 Å². The number of ketones is 1. The zero-order valence-corrected chi connectivity index (χ0v) is 16.8. The van der Waals surface area contributed by atoms with Crippen molar-refractivity contribution in [3.8, 4) is 0 Å². The Morgan fingerprint density at radius 2 is 1.90 bits per heavy atom. The molecule has 0 spiro atoms. The molecule has 160 valence electrons.